The van der Waals surface area contributed by atoms with Gasteiger partial charge < -0.3 is 14.2 Å². The van der Waals surface area contributed by atoms with E-state index in [0.29, 0.717) is 10.9 Å². The normalized spacial score (nSPS) is 22.7. The third kappa shape index (κ3) is 3.65. The summed E-state index contributed by atoms with van der Waals surface area (Å²) < 4.78 is 31.1. The number of sulfonamides is 1. The fourth-order valence-electron chi connectivity index (χ4n) is 3.85. The highest BCUT2D eigenvalue weighted by Crippen LogP contribution is 2.36. The molecular weight excluding hydrogens is 374 g/mol. The van der Waals surface area contributed by atoms with E-state index in [1.165, 1.54) is 0 Å². The molecule has 0 aromatic carbocycles. The third-order valence-corrected chi connectivity index (χ3v) is 7.74. The lowest BCUT2D eigenvalue weighted by Crippen LogP contribution is -2.50. The minimum Gasteiger partial charge on any atom is -0.366 e. The van der Waals surface area contributed by atoms with Crippen LogP contribution >= 0.6 is 0 Å². The molecule has 2 aromatic heterocycles. The average Bonchev–Trinajstić information content (AvgIpc) is 3.21. The number of rotatable bonds is 6. The van der Waals surface area contributed by atoms with Crippen molar-refractivity contribution in [2.24, 2.45) is 0 Å². The van der Waals surface area contributed by atoms with E-state index >= 15 is 0 Å². The molecule has 4 rings (SSSR count). The molecule has 0 radical (unpaired) electrons. The minimum atomic E-state index is -3.58. The molecule has 1 unspecified atom stereocenters. The van der Waals surface area contributed by atoms with Crippen molar-refractivity contribution < 1.29 is 8.42 Å². The molecule has 1 saturated heterocycles. The van der Waals surface area contributed by atoms with E-state index in [9.17, 15) is 8.42 Å². The van der Waals surface area contributed by atoms with E-state index in [0.717, 1.165) is 62.3 Å². The molecule has 28 heavy (non-hydrogen) atoms. The number of hydrogen-bond acceptors (Lipinski definition) is 5. The van der Waals surface area contributed by atoms with Gasteiger partial charge in [0.1, 0.15) is 4.90 Å². The number of likely N-dealkylation sites (N-methyl/N-ethyl adjacent to an activating group) is 1. The number of imidazole rings is 1. The summed E-state index contributed by atoms with van der Waals surface area (Å²) >= 11 is 0. The van der Waals surface area contributed by atoms with Crippen molar-refractivity contribution in [2.75, 3.05) is 31.6 Å². The van der Waals surface area contributed by atoms with Crippen molar-refractivity contribution >= 4 is 21.4 Å². The molecule has 0 spiro atoms. The highest BCUT2D eigenvalue weighted by Gasteiger charge is 2.41. The number of nitrogens with zero attached hydrogens (tertiary/aromatic N) is 4. The van der Waals surface area contributed by atoms with E-state index in [4.69, 9.17) is 0 Å². The van der Waals surface area contributed by atoms with Crippen LogP contribution in [0.15, 0.2) is 23.4 Å². The highest BCUT2D eigenvalue weighted by atomic mass is 32.2. The van der Waals surface area contributed by atoms with Gasteiger partial charge >= 0.3 is 0 Å². The molecule has 1 N–H and O–H groups in total. The Morgan fingerprint density at radius 1 is 1.32 bits per heavy atom. The highest BCUT2D eigenvalue weighted by molar-refractivity contribution is 7.89. The topological polar surface area (TPSA) is 70.0 Å². The summed E-state index contributed by atoms with van der Waals surface area (Å²) in [4.78, 5) is 9.59. The van der Waals surface area contributed by atoms with Crippen LogP contribution in [-0.4, -0.2) is 61.0 Å². The second-order valence-corrected chi connectivity index (χ2v) is 10.4. The zero-order chi connectivity index (χ0) is 20.1. The summed E-state index contributed by atoms with van der Waals surface area (Å²) in [7, 11) is -1.45. The second-order valence-electron chi connectivity index (χ2n) is 8.70. The molecule has 2 aromatic rings. The van der Waals surface area contributed by atoms with Crippen molar-refractivity contribution in [3.05, 3.63) is 24.2 Å². The fraction of sp³-hybridized carbons (Fsp3) is 0.650. The van der Waals surface area contributed by atoms with Crippen LogP contribution in [0.1, 0.15) is 45.7 Å². The van der Waals surface area contributed by atoms with E-state index in [1.54, 1.807) is 6.20 Å². The van der Waals surface area contributed by atoms with E-state index < -0.39 is 10.0 Å². The SMILES string of the molecule is CCCc1cnc2c(N3CCN(C)C(C)C3)cc(S(=O)(=O)NC3(C)CC3)cn12. The first-order valence-electron chi connectivity index (χ1n) is 10.2. The summed E-state index contributed by atoms with van der Waals surface area (Å²) in [5, 5.41) is 0. The molecule has 7 nitrogen and oxygen atoms in total. The Balaban J connectivity index is 1.81. The maximum atomic E-state index is 13.1. The predicted octanol–water partition coefficient (Wildman–Crippen LogP) is 2.26. The van der Waals surface area contributed by atoms with Gasteiger partial charge in [0, 0.05) is 49.3 Å². The summed E-state index contributed by atoms with van der Waals surface area (Å²) in [6.45, 7) is 8.96. The molecule has 154 valence electrons. The Labute approximate surface area is 167 Å². The quantitative estimate of drug-likeness (QED) is 0.798. The summed E-state index contributed by atoms with van der Waals surface area (Å²) in [6, 6.07) is 2.21. The van der Waals surface area contributed by atoms with Gasteiger partial charge in [0.15, 0.2) is 5.65 Å². The number of piperazine rings is 1. The van der Waals surface area contributed by atoms with Crippen LogP contribution in [0.3, 0.4) is 0 Å². The van der Waals surface area contributed by atoms with Crippen LogP contribution in [-0.2, 0) is 16.4 Å². The molecule has 2 fully saturated rings. The first kappa shape index (κ1) is 19.7. The second kappa shape index (κ2) is 7.00. The molecule has 0 amide bonds. The zero-order valence-electron chi connectivity index (χ0n) is 17.3. The lowest BCUT2D eigenvalue weighted by molar-refractivity contribution is 0.234. The van der Waals surface area contributed by atoms with E-state index in [2.05, 4.69) is 40.4 Å². The van der Waals surface area contributed by atoms with Gasteiger partial charge in [-0.25, -0.2) is 18.1 Å². The Morgan fingerprint density at radius 2 is 2.07 bits per heavy atom. The molecule has 0 bridgehead atoms. The van der Waals surface area contributed by atoms with Crippen molar-refractivity contribution in [2.45, 2.75) is 62.9 Å². The lowest BCUT2D eigenvalue weighted by atomic mass is 10.2. The van der Waals surface area contributed by atoms with Crippen LogP contribution < -0.4 is 9.62 Å². The van der Waals surface area contributed by atoms with Gasteiger partial charge in [-0.2, -0.15) is 0 Å². The number of anilines is 1. The largest absolute Gasteiger partial charge is 0.366 e. The van der Waals surface area contributed by atoms with Crippen molar-refractivity contribution in [3.8, 4) is 0 Å². The fourth-order valence-corrected chi connectivity index (χ4v) is 5.34. The maximum Gasteiger partial charge on any atom is 0.242 e. The Hall–Kier alpha value is -1.64. The number of aromatic nitrogens is 2. The van der Waals surface area contributed by atoms with Crippen LogP contribution in [0.2, 0.25) is 0 Å². The zero-order valence-corrected chi connectivity index (χ0v) is 18.1. The van der Waals surface area contributed by atoms with Crippen LogP contribution in [0.25, 0.3) is 5.65 Å². The van der Waals surface area contributed by atoms with Gasteiger partial charge in [-0.05, 0) is 46.2 Å². The van der Waals surface area contributed by atoms with Gasteiger partial charge in [-0.15, -0.1) is 0 Å². The van der Waals surface area contributed by atoms with E-state index in [-0.39, 0.29) is 5.54 Å². The van der Waals surface area contributed by atoms with Gasteiger partial charge in [0.05, 0.1) is 5.69 Å². The smallest absolute Gasteiger partial charge is 0.242 e. The van der Waals surface area contributed by atoms with Gasteiger partial charge in [0.2, 0.25) is 10.0 Å². The number of pyridine rings is 1. The monoisotopic (exact) mass is 405 g/mol. The molecular formula is C20H31N5O2S. The number of fused-ring (bicyclic) bond motifs is 1. The van der Waals surface area contributed by atoms with Crippen molar-refractivity contribution in [1.82, 2.24) is 19.0 Å². The maximum absolute atomic E-state index is 13.1. The van der Waals surface area contributed by atoms with Crippen LogP contribution in [0, 0.1) is 0 Å². The third-order valence-electron chi connectivity index (χ3n) is 6.14. The van der Waals surface area contributed by atoms with Crippen LogP contribution in [0.5, 0.6) is 0 Å². The molecule has 1 saturated carbocycles. The van der Waals surface area contributed by atoms with Gasteiger partial charge in [-0.1, -0.05) is 13.3 Å². The number of nitrogens with one attached hydrogen (secondary N) is 1. The molecule has 2 aliphatic rings. The van der Waals surface area contributed by atoms with Crippen molar-refractivity contribution in [3.63, 3.8) is 0 Å². The Bertz CT molecular complexity index is 980. The molecule has 1 aliphatic heterocycles. The predicted molar refractivity (Wildman–Crippen MR) is 111 cm³/mol. The molecule has 1 atom stereocenters. The van der Waals surface area contributed by atoms with Gasteiger partial charge in [0.25, 0.3) is 0 Å². The molecule has 3 heterocycles. The summed E-state index contributed by atoms with van der Waals surface area (Å²) in [5.41, 5.74) is 2.51. The summed E-state index contributed by atoms with van der Waals surface area (Å²) in [5.74, 6) is 0. The Kier molecular flexibility index (Phi) is 4.92. The number of aryl methyl sites for hydroxylation is 1. The van der Waals surface area contributed by atoms with Gasteiger partial charge in [-0.3, -0.25) is 0 Å². The molecule has 8 heteroatoms. The van der Waals surface area contributed by atoms with Crippen LogP contribution in [0.4, 0.5) is 5.69 Å². The lowest BCUT2D eigenvalue weighted by Gasteiger charge is -2.39. The van der Waals surface area contributed by atoms with Crippen molar-refractivity contribution in [1.29, 1.82) is 0 Å². The average molecular weight is 406 g/mol. The first-order valence-corrected chi connectivity index (χ1v) is 11.7. The van der Waals surface area contributed by atoms with E-state index in [1.807, 2.05) is 23.6 Å². The standard InChI is InChI=1S/C20H31N5O2S/c1-5-6-16-12-21-19-18(24-10-9-23(4)15(2)13-24)11-17(14-25(16)19)28(26,27)22-20(3)7-8-20/h11-12,14-15,22H,5-10,13H2,1-4H3. The summed E-state index contributed by atoms with van der Waals surface area (Å²) in [6.07, 6.45) is 7.27. The minimum absolute atomic E-state index is 0.294. The molecule has 1 aliphatic carbocycles. The number of hydrogen-bond donors (Lipinski definition) is 1. The first-order chi connectivity index (χ1) is 13.2. The Morgan fingerprint density at radius 3 is 2.71 bits per heavy atom.